The summed E-state index contributed by atoms with van der Waals surface area (Å²) in [7, 11) is 0. The van der Waals surface area contributed by atoms with E-state index in [4.69, 9.17) is 0 Å². The molecule has 0 bridgehead atoms. The SMILES string of the molecule is CCc1cccc(NCC2CCNCC2)c1.Cl.Cl. The smallest absolute Gasteiger partial charge is 0.0342 e. The number of aryl methyl sites for hydroxylation is 1. The zero-order valence-electron chi connectivity index (χ0n) is 10.9. The second-order valence-electron chi connectivity index (χ2n) is 4.63. The van der Waals surface area contributed by atoms with E-state index in [1.165, 1.54) is 37.2 Å². The highest BCUT2D eigenvalue weighted by molar-refractivity contribution is 5.85. The van der Waals surface area contributed by atoms with Crippen molar-refractivity contribution in [2.24, 2.45) is 5.92 Å². The highest BCUT2D eigenvalue weighted by Gasteiger charge is 2.12. The third-order valence-corrected chi connectivity index (χ3v) is 3.39. The van der Waals surface area contributed by atoms with Crippen LogP contribution in [-0.4, -0.2) is 19.6 Å². The van der Waals surface area contributed by atoms with Crippen LogP contribution in [0.3, 0.4) is 0 Å². The van der Waals surface area contributed by atoms with Gasteiger partial charge in [0.15, 0.2) is 0 Å². The van der Waals surface area contributed by atoms with Crippen molar-refractivity contribution in [1.29, 1.82) is 0 Å². The van der Waals surface area contributed by atoms with Crippen molar-refractivity contribution in [2.75, 3.05) is 25.0 Å². The van der Waals surface area contributed by atoms with Crippen molar-refractivity contribution < 1.29 is 0 Å². The summed E-state index contributed by atoms with van der Waals surface area (Å²) in [6.45, 7) is 5.68. The van der Waals surface area contributed by atoms with E-state index in [1.54, 1.807) is 0 Å². The molecule has 104 valence electrons. The van der Waals surface area contributed by atoms with Crippen LogP contribution in [-0.2, 0) is 6.42 Å². The molecule has 0 saturated carbocycles. The lowest BCUT2D eigenvalue weighted by Crippen LogP contribution is -2.31. The van der Waals surface area contributed by atoms with Gasteiger partial charge in [0.05, 0.1) is 0 Å². The number of hydrogen-bond acceptors (Lipinski definition) is 2. The van der Waals surface area contributed by atoms with Crippen molar-refractivity contribution in [3.05, 3.63) is 29.8 Å². The second kappa shape index (κ2) is 9.48. The first kappa shape index (κ1) is 17.6. The molecule has 2 nitrogen and oxygen atoms in total. The third kappa shape index (κ3) is 5.47. The minimum Gasteiger partial charge on any atom is -0.385 e. The van der Waals surface area contributed by atoms with E-state index in [0.717, 1.165) is 18.9 Å². The average molecular weight is 291 g/mol. The van der Waals surface area contributed by atoms with Crippen molar-refractivity contribution in [3.8, 4) is 0 Å². The molecule has 0 spiro atoms. The molecule has 0 radical (unpaired) electrons. The van der Waals surface area contributed by atoms with Gasteiger partial charge in [-0.1, -0.05) is 19.1 Å². The lowest BCUT2D eigenvalue weighted by atomic mass is 9.98. The molecule has 2 rings (SSSR count). The lowest BCUT2D eigenvalue weighted by molar-refractivity contribution is 0.390. The standard InChI is InChI=1S/C14H22N2.2ClH/c1-2-12-4-3-5-14(10-12)16-11-13-6-8-15-9-7-13;;/h3-5,10,13,15-16H,2,6-9,11H2,1H3;2*1H. The van der Waals surface area contributed by atoms with Crippen LogP contribution in [0.1, 0.15) is 25.3 Å². The first-order chi connectivity index (χ1) is 7.88. The van der Waals surface area contributed by atoms with E-state index in [1.807, 2.05) is 0 Å². The fraction of sp³-hybridized carbons (Fsp3) is 0.571. The minimum absolute atomic E-state index is 0. The van der Waals surface area contributed by atoms with Gasteiger partial charge in [-0.25, -0.2) is 0 Å². The Hall–Kier alpha value is -0.440. The maximum Gasteiger partial charge on any atom is 0.0342 e. The van der Waals surface area contributed by atoms with Gasteiger partial charge >= 0.3 is 0 Å². The summed E-state index contributed by atoms with van der Waals surface area (Å²) >= 11 is 0. The predicted octanol–water partition coefficient (Wildman–Crippen LogP) is 3.50. The summed E-state index contributed by atoms with van der Waals surface area (Å²) in [6, 6.07) is 8.76. The molecule has 2 N–H and O–H groups in total. The number of halogens is 2. The first-order valence-corrected chi connectivity index (χ1v) is 6.42. The molecule has 4 heteroatoms. The Kier molecular flexibility index (Phi) is 9.25. The van der Waals surface area contributed by atoms with Gasteiger partial charge in [0.2, 0.25) is 0 Å². The van der Waals surface area contributed by atoms with Gasteiger partial charge in [-0.3, -0.25) is 0 Å². The molecule has 1 aliphatic rings. The van der Waals surface area contributed by atoms with Crippen LogP contribution in [0, 0.1) is 5.92 Å². The summed E-state index contributed by atoms with van der Waals surface area (Å²) in [5.41, 5.74) is 2.69. The monoisotopic (exact) mass is 290 g/mol. The Balaban J connectivity index is 0.00000144. The van der Waals surface area contributed by atoms with Gasteiger partial charge in [-0.05, 0) is 56.0 Å². The van der Waals surface area contributed by atoms with Crippen LogP contribution in [0.2, 0.25) is 0 Å². The molecule has 1 fully saturated rings. The summed E-state index contributed by atoms with van der Waals surface area (Å²) < 4.78 is 0. The van der Waals surface area contributed by atoms with Crippen LogP contribution >= 0.6 is 24.8 Å². The Morgan fingerprint density at radius 1 is 1.22 bits per heavy atom. The zero-order valence-corrected chi connectivity index (χ0v) is 12.6. The highest BCUT2D eigenvalue weighted by atomic mass is 35.5. The molecular formula is C14H24Cl2N2. The van der Waals surface area contributed by atoms with E-state index in [0.29, 0.717) is 0 Å². The highest BCUT2D eigenvalue weighted by Crippen LogP contribution is 2.15. The fourth-order valence-electron chi connectivity index (χ4n) is 2.25. The van der Waals surface area contributed by atoms with Crippen LogP contribution < -0.4 is 10.6 Å². The minimum atomic E-state index is 0. The number of hydrogen-bond donors (Lipinski definition) is 2. The molecule has 1 heterocycles. The molecule has 18 heavy (non-hydrogen) atoms. The number of piperidine rings is 1. The van der Waals surface area contributed by atoms with Gasteiger partial charge in [0.1, 0.15) is 0 Å². The topological polar surface area (TPSA) is 24.1 Å². The Morgan fingerprint density at radius 3 is 2.61 bits per heavy atom. The predicted molar refractivity (Wildman–Crippen MR) is 84.4 cm³/mol. The van der Waals surface area contributed by atoms with Gasteiger partial charge in [0, 0.05) is 12.2 Å². The number of nitrogens with one attached hydrogen (secondary N) is 2. The Morgan fingerprint density at radius 2 is 1.94 bits per heavy atom. The Labute approximate surface area is 123 Å². The van der Waals surface area contributed by atoms with E-state index >= 15 is 0 Å². The number of rotatable bonds is 4. The van der Waals surface area contributed by atoms with Crippen LogP contribution in [0.15, 0.2) is 24.3 Å². The normalized spacial score (nSPS) is 15.4. The Bertz CT molecular complexity index is 325. The first-order valence-electron chi connectivity index (χ1n) is 6.42. The van der Waals surface area contributed by atoms with Crippen LogP contribution in [0.5, 0.6) is 0 Å². The van der Waals surface area contributed by atoms with E-state index in [-0.39, 0.29) is 24.8 Å². The van der Waals surface area contributed by atoms with Crippen molar-refractivity contribution in [2.45, 2.75) is 26.2 Å². The van der Waals surface area contributed by atoms with Gasteiger partial charge in [-0.2, -0.15) is 0 Å². The third-order valence-electron chi connectivity index (χ3n) is 3.39. The van der Waals surface area contributed by atoms with Gasteiger partial charge in [-0.15, -0.1) is 24.8 Å². The van der Waals surface area contributed by atoms with Gasteiger partial charge in [0.25, 0.3) is 0 Å². The molecule has 0 amide bonds. The molecule has 0 aromatic heterocycles. The summed E-state index contributed by atoms with van der Waals surface area (Å²) in [4.78, 5) is 0. The largest absolute Gasteiger partial charge is 0.385 e. The maximum absolute atomic E-state index is 3.56. The van der Waals surface area contributed by atoms with Crippen molar-refractivity contribution in [1.82, 2.24) is 5.32 Å². The fourth-order valence-corrected chi connectivity index (χ4v) is 2.25. The number of benzene rings is 1. The molecule has 1 aromatic carbocycles. The van der Waals surface area contributed by atoms with E-state index < -0.39 is 0 Å². The van der Waals surface area contributed by atoms with Crippen LogP contribution in [0.25, 0.3) is 0 Å². The molecule has 0 atom stereocenters. The summed E-state index contributed by atoms with van der Waals surface area (Å²) in [5, 5.41) is 6.96. The quantitative estimate of drug-likeness (QED) is 0.887. The number of anilines is 1. The molecule has 0 aliphatic carbocycles. The van der Waals surface area contributed by atoms with Crippen LogP contribution in [0.4, 0.5) is 5.69 Å². The van der Waals surface area contributed by atoms with Crippen molar-refractivity contribution >= 4 is 30.5 Å². The molecule has 1 saturated heterocycles. The van der Waals surface area contributed by atoms with E-state index in [2.05, 4.69) is 41.8 Å². The molecule has 0 unspecified atom stereocenters. The lowest BCUT2D eigenvalue weighted by Gasteiger charge is -2.23. The maximum atomic E-state index is 3.56. The summed E-state index contributed by atoms with van der Waals surface area (Å²) in [5.74, 6) is 0.839. The second-order valence-corrected chi connectivity index (χ2v) is 4.63. The zero-order chi connectivity index (χ0) is 11.2. The van der Waals surface area contributed by atoms with Crippen molar-refractivity contribution in [3.63, 3.8) is 0 Å². The summed E-state index contributed by atoms with van der Waals surface area (Å²) in [6.07, 6.45) is 3.73. The average Bonchev–Trinajstić information content (AvgIpc) is 2.38. The van der Waals surface area contributed by atoms with E-state index in [9.17, 15) is 0 Å². The molecule has 1 aromatic rings. The molecule has 1 aliphatic heterocycles. The van der Waals surface area contributed by atoms with Gasteiger partial charge < -0.3 is 10.6 Å². The molecular weight excluding hydrogens is 267 g/mol.